The molecular weight excluding hydrogens is 326 g/mol. The van der Waals surface area contributed by atoms with Gasteiger partial charge in [0.1, 0.15) is 16.9 Å². The first-order valence-corrected chi connectivity index (χ1v) is 8.63. The van der Waals surface area contributed by atoms with Crippen LogP contribution in [-0.4, -0.2) is 15.0 Å². The van der Waals surface area contributed by atoms with Gasteiger partial charge in [0.05, 0.1) is 5.52 Å². The van der Waals surface area contributed by atoms with Crippen molar-refractivity contribution in [2.75, 3.05) is 0 Å². The average Bonchev–Trinajstić information content (AvgIpc) is 2.96. The first-order valence-electron chi connectivity index (χ1n) is 7.43. The monoisotopic (exact) mass is 339 g/mol. The zero-order valence-corrected chi connectivity index (χ0v) is 14.1. The number of aromatic amines is 1. The number of hydrogen-bond acceptors (Lipinski definition) is 3. The zero-order chi connectivity index (χ0) is 15.8. The molecule has 0 saturated carbocycles. The van der Waals surface area contributed by atoms with Crippen LogP contribution in [-0.2, 0) is 6.42 Å². The molecule has 114 valence electrons. The average molecular weight is 340 g/mol. The van der Waals surface area contributed by atoms with Gasteiger partial charge in [-0.05, 0) is 48.4 Å². The fourth-order valence-electron chi connectivity index (χ4n) is 2.63. The minimum absolute atomic E-state index is 0.736. The molecule has 0 unspecified atom stereocenters. The Kier molecular flexibility index (Phi) is 3.71. The molecule has 23 heavy (non-hydrogen) atoms. The van der Waals surface area contributed by atoms with Crippen LogP contribution in [0.25, 0.3) is 21.9 Å². The second-order valence-corrected chi connectivity index (χ2v) is 6.82. The predicted molar refractivity (Wildman–Crippen MR) is 96.3 cm³/mol. The van der Waals surface area contributed by atoms with Crippen molar-refractivity contribution < 1.29 is 0 Å². The summed E-state index contributed by atoms with van der Waals surface area (Å²) in [5.41, 5.74) is 4.36. The van der Waals surface area contributed by atoms with Gasteiger partial charge in [-0.15, -0.1) is 0 Å². The summed E-state index contributed by atoms with van der Waals surface area (Å²) in [4.78, 5) is 13.5. The lowest BCUT2D eigenvalue weighted by Gasteiger charge is -2.02. The molecule has 0 amide bonds. The van der Waals surface area contributed by atoms with Gasteiger partial charge in [-0.2, -0.15) is 0 Å². The molecule has 2 aromatic carbocycles. The normalized spacial score (nSPS) is 11.4. The topological polar surface area (TPSA) is 41.6 Å². The summed E-state index contributed by atoms with van der Waals surface area (Å²) in [5, 5.41) is 2.81. The second kappa shape index (κ2) is 5.87. The molecule has 2 heterocycles. The van der Waals surface area contributed by atoms with E-state index in [1.807, 2.05) is 24.3 Å². The van der Waals surface area contributed by atoms with Gasteiger partial charge >= 0.3 is 0 Å². The van der Waals surface area contributed by atoms with Gasteiger partial charge in [0, 0.05) is 20.8 Å². The predicted octanol–water partition coefficient (Wildman–Crippen LogP) is 5.48. The molecule has 0 fully saturated rings. The first-order chi connectivity index (χ1) is 11.2. The molecule has 0 aliphatic rings. The van der Waals surface area contributed by atoms with E-state index in [0.717, 1.165) is 43.3 Å². The number of benzene rings is 2. The molecule has 0 atom stereocenters. The fourth-order valence-corrected chi connectivity index (χ4v) is 3.60. The molecule has 0 aliphatic heterocycles. The van der Waals surface area contributed by atoms with Gasteiger partial charge in [0.15, 0.2) is 0 Å². The summed E-state index contributed by atoms with van der Waals surface area (Å²) in [6.07, 6.45) is 2.65. The molecule has 0 aliphatic carbocycles. The highest BCUT2D eigenvalue weighted by Gasteiger charge is 2.12. The molecule has 4 rings (SSSR count). The van der Waals surface area contributed by atoms with Gasteiger partial charge in [0.2, 0.25) is 0 Å². The Hall–Kier alpha value is -2.04. The van der Waals surface area contributed by atoms with Gasteiger partial charge in [-0.25, -0.2) is 9.97 Å². The number of nitrogens with one attached hydrogen (secondary N) is 1. The van der Waals surface area contributed by atoms with Crippen molar-refractivity contribution in [3.05, 3.63) is 59.4 Å². The first kappa shape index (κ1) is 14.5. The van der Waals surface area contributed by atoms with Crippen molar-refractivity contribution in [2.24, 2.45) is 0 Å². The third-order valence-electron chi connectivity index (χ3n) is 3.85. The number of hydrogen-bond donors (Lipinski definition) is 1. The van der Waals surface area contributed by atoms with Crippen molar-refractivity contribution in [1.82, 2.24) is 15.0 Å². The van der Waals surface area contributed by atoms with E-state index in [-0.39, 0.29) is 0 Å². The second-order valence-electron chi connectivity index (χ2n) is 5.32. The Labute approximate surface area is 143 Å². The van der Waals surface area contributed by atoms with Crippen LogP contribution in [0, 0.1) is 0 Å². The van der Waals surface area contributed by atoms with E-state index in [2.05, 4.69) is 40.1 Å². The lowest BCUT2D eigenvalue weighted by atomic mass is 10.1. The number of halogens is 1. The van der Waals surface area contributed by atoms with Crippen LogP contribution in [0.2, 0.25) is 5.02 Å². The minimum Gasteiger partial charge on any atom is -0.351 e. The molecule has 0 radical (unpaired) electrons. The van der Waals surface area contributed by atoms with Gasteiger partial charge < -0.3 is 4.98 Å². The number of H-pyrrole nitrogens is 1. The molecule has 0 bridgehead atoms. The number of aryl methyl sites for hydroxylation is 1. The van der Waals surface area contributed by atoms with E-state index < -0.39 is 0 Å². The SMILES string of the molecule is CCc1ccc2[nH]c3c(Sc4ccc(Cl)cc4)ncnc3c2c1. The van der Waals surface area contributed by atoms with E-state index in [1.54, 1.807) is 18.1 Å². The Bertz CT molecular complexity index is 992. The Balaban J connectivity index is 1.85. The van der Waals surface area contributed by atoms with Crippen molar-refractivity contribution in [1.29, 1.82) is 0 Å². The summed E-state index contributed by atoms with van der Waals surface area (Å²) in [6.45, 7) is 2.16. The maximum Gasteiger partial charge on any atom is 0.128 e. The number of aromatic nitrogens is 3. The lowest BCUT2D eigenvalue weighted by molar-refractivity contribution is 1.09. The van der Waals surface area contributed by atoms with Gasteiger partial charge in [0.25, 0.3) is 0 Å². The van der Waals surface area contributed by atoms with E-state index in [1.165, 1.54) is 5.56 Å². The van der Waals surface area contributed by atoms with Crippen LogP contribution in [0.3, 0.4) is 0 Å². The zero-order valence-electron chi connectivity index (χ0n) is 12.5. The largest absolute Gasteiger partial charge is 0.351 e. The summed E-state index contributed by atoms with van der Waals surface area (Å²) >= 11 is 7.56. The third kappa shape index (κ3) is 2.69. The summed E-state index contributed by atoms with van der Waals surface area (Å²) in [5.74, 6) is 0. The number of fused-ring (bicyclic) bond motifs is 3. The highest BCUT2D eigenvalue weighted by atomic mass is 35.5. The maximum atomic E-state index is 5.95. The van der Waals surface area contributed by atoms with Crippen LogP contribution in [0.5, 0.6) is 0 Å². The van der Waals surface area contributed by atoms with E-state index >= 15 is 0 Å². The standard InChI is InChI=1S/C18H14ClN3S/c1-2-11-3-8-15-14(9-11)16-17(22-15)18(21-10-20-16)23-13-6-4-12(19)5-7-13/h3-10,22H,2H2,1H3. The summed E-state index contributed by atoms with van der Waals surface area (Å²) < 4.78 is 0. The van der Waals surface area contributed by atoms with E-state index in [0.29, 0.717) is 0 Å². The van der Waals surface area contributed by atoms with Crippen LogP contribution in [0.15, 0.2) is 58.7 Å². The molecule has 5 heteroatoms. The molecule has 3 nitrogen and oxygen atoms in total. The lowest BCUT2D eigenvalue weighted by Crippen LogP contribution is -1.85. The van der Waals surface area contributed by atoms with Crippen LogP contribution in [0.4, 0.5) is 0 Å². The third-order valence-corrected chi connectivity index (χ3v) is 5.11. The van der Waals surface area contributed by atoms with E-state index in [9.17, 15) is 0 Å². The van der Waals surface area contributed by atoms with Crippen molar-refractivity contribution >= 4 is 45.3 Å². The van der Waals surface area contributed by atoms with Crippen molar-refractivity contribution in [2.45, 2.75) is 23.3 Å². The molecule has 0 saturated heterocycles. The van der Waals surface area contributed by atoms with Gasteiger partial charge in [-0.3, -0.25) is 0 Å². The molecule has 2 aromatic heterocycles. The van der Waals surface area contributed by atoms with Crippen LogP contribution in [0.1, 0.15) is 12.5 Å². The smallest absolute Gasteiger partial charge is 0.128 e. The van der Waals surface area contributed by atoms with E-state index in [4.69, 9.17) is 11.6 Å². The fraction of sp³-hybridized carbons (Fsp3) is 0.111. The quantitative estimate of drug-likeness (QED) is 0.502. The van der Waals surface area contributed by atoms with Crippen molar-refractivity contribution in [3.63, 3.8) is 0 Å². The van der Waals surface area contributed by atoms with Crippen molar-refractivity contribution in [3.8, 4) is 0 Å². The van der Waals surface area contributed by atoms with Gasteiger partial charge in [-0.1, -0.05) is 36.4 Å². The Morgan fingerprint density at radius 2 is 1.91 bits per heavy atom. The highest BCUT2D eigenvalue weighted by molar-refractivity contribution is 7.99. The summed E-state index contributed by atoms with van der Waals surface area (Å²) in [6, 6.07) is 14.3. The van der Waals surface area contributed by atoms with Crippen LogP contribution < -0.4 is 0 Å². The number of nitrogens with zero attached hydrogens (tertiary/aromatic N) is 2. The van der Waals surface area contributed by atoms with Crippen LogP contribution >= 0.6 is 23.4 Å². The minimum atomic E-state index is 0.736. The summed E-state index contributed by atoms with van der Waals surface area (Å²) in [7, 11) is 0. The molecular formula is C18H14ClN3S. The molecule has 4 aromatic rings. The number of rotatable bonds is 3. The highest BCUT2D eigenvalue weighted by Crippen LogP contribution is 2.34. The molecule has 1 N–H and O–H groups in total. The Morgan fingerprint density at radius 1 is 1.09 bits per heavy atom. The maximum absolute atomic E-state index is 5.95. The molecule has 0 spiro atoms. The Morgan fingerprint density at radius 3 is 2.70 bits per heavy atom.